The molecule has 0 saturated heterocycles. The van der Waals surface area contributed by atoms with Gasteiger partial charge in [0.1, 0.15) is 0 Å². The van der Waals surface area contributed by atoms with Crippen molar-refractivity contribution < 1.29 is 0 Å². The molecule has 0 spiro atoms. The molecule has 0 aromatic heterocycles. The smallest absolute Gasteiger partial charge is 0.0312 e. The largest absolute Gasteiger partial charge is 1.00 e. The average Bonchev–Trinajstić information content (AvgIpc) is 1.76. The summed E-state index contributed by atoms with van der Waals surface area (Å²) in [6.45, 7) is 0. The number of rotatable bonds is 0. The Morgan fingerprint density at radius 3 is 0.833 bits per heavy atom. The normalized spacial score (nSPS) is 20.0. The van der Waals surface area contributed by atoms with Crippen LogP contribution in [0, 0.1) is 32.1 Å². The number of hydrogen-bond donors (Lipinski definition) is 0. The van der Waals surface area contributed by atoms with Crippen molar-refractivity contribution in [3.63, 3.8) is 0 Å². The van der Waals surface area contributed by atoms with Crippen LogP contribution < -0.4 is 0 Å². The molecule has 1 saturated carbocycles. The fourth-order valence-electron chi connectivity index (χ4n) is 0.321. The molecule has 0 atom stereocenters. The molecular weight excluding hydrogens is 264 g/mol. The maximum absolute atomic E-state index is 2.00. The summed E-state index contributed by atoms with van der Waals surface area (Å²) in [5.41, 5.74) is 0. The van der Waals surface area contributed by atoms with Crippen LogP contribution in [0.5, 0.6) is 0 Å². The van der Waals surface area contributed by atoms with Gasteiger partial charge in [-0.2, -0.15) is 0 Å². The van der Waals surface area contributed by atoms with Gasteiger partial charge in [0.05, 0.1) is 0 Å². The van der Waals surface area contributed by atoms with Gasteiger partial charge in [-0.25, -0.2) is 0 Å². The van der Waals surface area contributed by atoms with Crippen LogP contribution in [0.2, 0.25) is 0 Å². The van der Waals surface area contributed by atoms with Gasteiger partial charge in [0, 0.05) is 0 Å². The van der Waals surface area contributed by atoms with Crippen LogP contribution in [-0.4, -0.2) is 27.3 Å². The fourth-order valence-corrected chi connectivity index (χ4v) is 0.321. The molecule has 1 aliphatic rings. The molecule has 27 valence electrons. The summed E-state index contributed by atoms with van der Waals surface area (Å²) < 4.78 is 0. The molecule has 5 radical (unpaired) electrons. The quantitative estimate of drug-likeness (QED) is 0.566. The zero-order valence-corrected chi connectivity index (χ0v) is 7.95. The van der Waals surface area contributed by atoms with Crippen LogP contribution in [0.1, 0.15) is 0 Å². The zero-order chi connectivity index (χ0) is 3.54. The van der Waals surface area contributed by atoms with E-state index >= 15 is 0 Å². The summed E-state index contributed by atoms with van der Waals surface area (Å²) in [5.74, 6) is 0. The van der Waals surface area contributed by atoms with Crippen molar-refractivity contribution in [2.45, 2.75) is 0 Å². The first-order chi connectivity index (χ1) is 2.50. The molecule has 1 fully saturated rings. The summed E-state index contributed by atoms with van der Waals surface area (Å²) >= 11 is 0. The van der Waals surface area contributed by atoms with Gasteiger partial charge in [-0.3, -0.25) is 0 Å². The maximum atomic E-state index is 2.00. The van der Waals surface area contributed by atoms with E-state index in [1.807, 2.05) is 32.1 Å². The van der Waals surface area contributed by atoms with E-state index in [-0.39, 0.29) is 27.3 Å². The molecule has 1 heteroatoms. The van der Waals surface area contributed by atoms with Gasteiger partial charge in [0.25, 0.3) is 0 Å². The predicted octanol–water partition coefficient (Wildman–Crippen LogP) is 0.641. The average molecular weight is 269 g/mol. The third-order valence-electron chi connectivity index (χ3n) is 0.556. The second-order valence-electron chi connectivity index (χ2n) is 0.962. The van der Waals surface area contributed by atoms with Crippen molar-refractivity contribution in [3.8, 4) is 0 Å². The molecule has 0 nitrogen and oxygen atoms in total. The van der Waals surface area contributed by atoms with Crippen LogP contribution in [0.4, 0.5) is 0 Å². The Kier molecular flexibility index (Phi) is 4.72. The van der Waals surface area contributed by atoms with E-state index in [0.717, 1.165) is 0 Å². The van der Waals surface area contributed by atoms with Crippen LogP contribution in [0.15, 0.2) is 0 Å². The minimum atomic E-state index is 0. The van der Waals surface area contributed by atoms with E-state index in [0.29, 0.717) is 0 Å². The van der Waals surface area contributed by atoms with Crippen LogP contribution in [0.3, 0.4) is 0 Å². The Morgan fingerprint density at radius 2 is 0.667 bits per heavy atom. The van der Waals surface area contributed by atoms with E-state index < -0.39 is 0 Å². The third kappa shape index (κ3) is 2.16. The van der Waals surface area contributed by atoms with E-state index in [2.05, 4.69) is 0 Å². The molecule has 1 rings (SSSR count). The summed E-state index contributed by atoms with van der Waals surface area (Å²) in [7, 11) is 0. The van der Waals surface area contributed by atoms with Crippen molar-refractivity contribution in [1.29, 1.82) is 0 Å². The summed E-state index contributed by atoms with van der Waals surface area (Å²) in [6, 6.07) is 0. The molecule has 0 aromatic rings. The van der Waals surface area contributed by atoms with Crippen molar-refractivity contribution in [1.82, 2.24) is 0 Å². The van der Waals surface area contributed by atoms with Gasteiger partial charge >= 0.3 is 27.3 Å². The minimum absolute atomic E-state index is 0. The Morgan fingerprint density at radius 1 is 0.500 bits per heavy atom. The zero-order valence-electron chi connectivity index (χ0n) is 3.46. The third-order valence-corrected chi connectivity index (χ3v) is 0.556. The van der Waals surface area contributed by atoms with Crippen LogP contribution in [0.25, 0.3) is 0 Å². The second-order valence-corrected chi connectivity index (χ2v) is 0.962. The molecule has 1 aliphatic carbocycles. The molecule has 0 bridgehead atoms. The van der Waals surface area contributed by atoms with Crippen molar-refractivity contribution in [2.75, 3.05) is 0 Å². The molecule has 0 amide bonds. The van der Waals surface area contributed by atoms with Crippen molar-refractivity contribution in [3.05, 3.63) is 32.1 Å². The molecule has 0 aliphatic heterocycles. The summed E-state index contributed by atoms with van der Waals surface area (Å²) in [6.07, 6.45) is 10.0. The van der Waals surface area contributed by atoms with Crippen LogP contribution >= 0.6 is 0 Å². The number of hydrogen-bond acceptors (Lipinski definition) is 0. The SMILES string of the molecule is [CH]1[CH][CH][CH][CH]1.[Tl+]. The van der Waals surface area contributed by atoms with Crippen molar-refractivity contribution in [2.24, 2.45) is 0 Å². The second kappa shape index (κ2) is 4.09. The van der Waals surface area contributed by atoms with Gasteiger partial charge in [-0.15, -0.1) is 0 Å². The van der Waals surface area contributed by atoms with Gasteiger partial charge in [0.2, 0.25) is 0 Å². The Labute approximate surface area is 59.5 Å². The Balaban J connectivity index is 0.000000250. The van der Waals surface area contributed by atoms with E-state index in [1.54, 1.807) is 0 Å². The molecule has 0 aromatic carbocycles. The molecule has 6 heavy (non-hydrogen) atoms. The molecule has 0 heterocycles. The predicted molar refractivity (Wildman–Crippen MR) is 27.3 cm³/mol. The molecular formula is C5H5Tl+. The van der Waals surface area contributed by atoms with E-state index in [4.69, 9.17) is 0 Å². The summed E-state index contributed by atoms with van der Waals surface area (Å²) in [4.78, 5) is 0. The molecule has 0 unspecified atom stereocenters. The molecule has 0 N–H and O–H groups in total. The van der Waals surface area contributed by atoms with Gasteiger partial charge in [0.15, 0.2) is 0 Å². The maximum Gasteiger partial charge on any atom is 1.00 e. The Bertz CT molecular complexity index is 15.5. The first-order valence-electron chi connectivity index (χ1n) is 1.67. The topological polar surface area (TPSA) is 0 Å². The van der Waals surface area contributed by atoms with Crippen LogP contribution in [-0.2, 0) is 0 Å². The van der Waals surface area contributed by atoms with Gasteiger partial charge < -0.3 is 0 Å². The minimum Gasteiger partial charge on any atom is -0.0312 e. The van der Waals surface area contributed by atoms with Gasteiger partial charge in [-0.05, 0) is 32.1 Å². The first-order valence-corrected chi connectivity index (χ1v) is 1.67. The summed E-state index contributed by atoms with van der Waals surface area (Å²) in [5, 5.41) is 0. The van der Waals surface area contributed by atoms with Crippen molar-refractivity contribution >= 4 is 27.3 Å². The Hall–Kier alpha value is 0.922. The fraction of sp³-hybridized carbons (Fsp3) is 0. The van der Waals surface area contributed by atoms with E-state index in [1.165, 1.54) is 0 Å². The van der Waals surface area contributed by atoms with E-state index in [9.17, 15) is 0 Å². The standard InChI is InChI=1S/C5H5.Tl/c1-2-4-5-3-1;/h1-5H;/q;+1. The van der Waals surface area contributed by atoms with Gasteiger partial charge in [-0.1, -0.05) is 0 Å². The monoisotopic (exact) mass is 270 g/mol. The first kappa shape index (κ1) is 6.92.